The number of para-hydroxylation sites is 1. The zero-order chi connectivity index (χ0) is 23.7. The van der Waals surface area contributed by atoms with Crippen LogP contribution in [0.15, 0.2) is 80.9 Å². The lowest BCUT2D eigenvalue weighted by atomic mass is 9.90. The molecule has 1 fully saturated rings. The molecule has 1 aliphatic rings. The summed E-state index contributed by atoms with van der Waals surface area (Å²) < 4.78 is 5.46. The zero-order valence-corrected chi connectivity index (χ0v) is 20.6. The lowest BCUT2D eigenvalue weighted by Crippen LogP contribution is -2.20. The van der Waals surface area contributed by atoms with E-state index < -0.39 is 0 Å². The molecular weight excluding hydrogens is 442 g/mol. The van der Waals surface area contributed by atoms with E-state index in [1.165, 1.54) is 17.0 Å². The van der Waals surface area contributed by atoms with Crippen molar-refractivity contribution in [2.24, 2.45) is 23.1 Å². The lowest BCUT2D eigenvalue weighted by Gasteiger charge is -2.19. The molecule has 1 saturated carbocycles. The summed E-state index contributed by atoms with van der Waals surface area (Å²) >= 11 is 1.52. The molecule has 0 radical (unpaired) electrons. The maximum absolute atomic E-state index is 13.4. The Kier molecular flexibility index (Phi) is 6.20. The fourth-order valence-electron chi connectivity index (χ4n) is 4.40. The van der Waals surface area contributed by atoms with Crippen molar-refractivity contribution in [1.82, 2.24) is 14.0 Å². The third-order valence-corrected chi connectivity index (χ3v) is 7.40. The minimum Gasteiger partial charge on any atom is -0.283 e. The van der Waals surface area contributed by atoms with E-state index in [2.05, 4.69) is 24.4 Å². The van der Waals surface area contributed by atoms with Crippen LogP contribution in [0, 0.1) is 12.8 Å². The second-order valence-corrected chi connectivity index (χ2v) is 9.79. The van der Waals surface area contributed by atoms with Gasteiger partial charge in [0.1, 0.15) is 0 Å². The molecule has 2 aromatic heterocycles. The minimum absolute atomic E-state index is 0.133. The molecule has 0 spiro atoms. The predicted octanol–water partition coefficient (Wildman–Crippen LogP) is 5.66. The normalized spacial score (nSPS) is 16.7. The van der Waals surface area contributed by atoms with Crippen molar-refractivity contribution in [3.05, 3.63) is 86.9 Å². The quantitative estimate of drug-likeness (QED) is 0.379. The number of benzene rings is 2. The summed E-state index contributed by atoms with van der Waals surface area (Å²) in [4.78, 5) is 19.0. The maximum atomic E-state index is 13.4. The minimum atomic E-state index is -0.133. The monoisotopic (exact) mass is 471 g/mol. The third kappa shape index (κ3) is 4.23. The van der Waals surface area contributed by atoms with Gasteiger partial charge >= 0.3 is 0 Å². The molecule has 0 amide bonds. The zero-order valence-electron chi connectivity index (χ0n) is 19.8. The predicted molar refractivity (Wildman–Crippen MR) is 139 cm³/mol. The topological polar surface area (TPSA) is 56.6 Å². The first kappa shape index (κ1) is 22.3. The van der Waals surface area contributed by atoms with Crippen LogP contribution in [0.25, 0.3) is 16.9 Å². The van der Waals surface area contributed by atoms with Crippen molar-refractivity contribution in [1.29, 1.82) is 0 Å². The smallest absolute Gasteiger partial charge is 0.283 e. The van der Waals surface area contributed by atoms with Crippen LogP contribution >= 0.6 is 11.3 Å². The van der Waals surface area contributed by atoms with Crippen LogP contribution < -0.4 is 10.4 Å². The van der Waals surface area contributed by atoms with E-state index in [0.29, 0.717) is 10.5 Å². The van der Waals surface area contributed by atoms with Gasteiger partial charge in [-0.05, 0) is 50.7 Å². The van der Waals surface area contributed by atoms with Gasteiger partial charge in [0, 0.05) is 23.7 Å². The van der Waals surface area contributed by atoms with Crippen LogP contribution in [0.5, 0.6) is 0 Å². The first-order valence-electron chi connectivity index (χ1n) is 11.7. The van der Waals surface area contributed by atoms with Crippen LogP contribution in [-0.4, -0.2) is 19.8 Å². The van der Waals surface area contributed by atoms with Gasteiger partial charge < -0.3 is 0 Å². The summed E-state index contributed by atoms with van der Waals surface area (Å²) in [5.74, 6) is 0.743. The van der Waals surface area contributed by atoms with E-state index in [1.807, 2.05) is 71.9 Å². The molecule has 7 heteroatoms. The number of hydrogen-bond acceptors (Lipinski definition) is 4. The molecule has 0 atom stereocenters. The number of rotatable bonds is 4. The van der Waals surface area contributed by atoms with E-state index >= 15 is 0 Å². The molecule has 0 bridgehead atoms. The van der Waals surface area contributed by atoms with Crippen LogP contribution in [0.3, 0.4) is 0 Å². The van der Waals surface area contributed by atoms with E-state index in [-0.39, 0.29) is 5.56 Å². The average molecular weight is 472 g/mol. The van der Waals surface area contributed by atoms with Gasteiger partial charge in [-0.1, -0.05) is 55.5 Å². The van der Waals surface area contributed by atoms with Gasteiger partial charge in [0.15, 0.2) is 5.69 Å². The van der Waals surface area contributed by atoms with Crippen molar-refractivity contribution >= 4 is 22.7 Å². The van der Waals surface area contributed by atoms with Gasteiger partial charge in [-0.15, -0.1) is 11.3 Å². The fourth-order valence-corrected chi connectivity index (χ4v) is 5.23. The van der Waals surface area contributed by atoms with Gasteiger partial charge in [0.25, 0.3) is 5.56 Å². The average Bonchev–Trinajstić information content (AvgIpc) is 3.35. The molecule has 0 unspecified atom stereocenters. The summed E-state index contributed by atoms with van der Waals surface area (Å²) in [6.07, 6.45) is 4.33. The molecule has 4 aromatic rings. The molecular formula is C27H29N5OS. The molecule has 0 N–H and O–H groups in total. The van der Waals surface area contributed by atoms with Crippen molar-refractivity contribution < 1.29 is 0 Å². The van der Waals surface area contributed by atoms with Gasteiger partial charge in [-0.3, -0.25) is 9.48 Å². The van der Waals surface area contributed by atoms with Crippen molar-refractivity contribution in [2.75, 3.05) is 0 Å². The molecule has 2 heterocycles. The van der Waals surface area contributed by atoms with Crippen LogP contribution in [0.4, 0.5) is 5.69 Å². The van der Waals surface area contributed by atoms with Crippen molar-refractivity contribution in [3.8, 4) is 16.9 Å². The Morgan fingerprint density at radius 2 is 1.62 bits per heavy atom. The Bertz CT molecular complexity index is 1440. The largest absolute Gasteiger partial charge is 0.297 e. The highest BCUT2D eigenvalue weighted by Gasteiger charge is 2.18. The summed E-state index contributed by atoms with van der Waals surface area (Å²) in [6.45, 7) is 4.24. The molecule has 0 aliphatic heterocycles. The lowest BCUT2D eigenvalue weighted by molar-refractivity contribution is 0.481. The Morgan fingerprint density at radius 3 is 2.29 bits per heavy atom. The Hall–Kier alpha value is -3.45. The van der Waals surface area contributed by atoms with E-state index in [4.69, 9.17) is 10.1 Å². The van der Waals surface area contributed by atoms with Crippen molar-refractivity contribution in [2.45, 2.75) is 39.5 Å². The van der Waals surface area contributed by atoms with Crippen LogP contribution in [0.1, 0.15) is 38.3 Å². The summed E-state index contributed by atoms with van der Waals surface area (Å²) in [7, 11) is 1.89. The number of hydrogen-bond donors (Lipinski definition) is 0. The highest BCUT2D eigenvalue weighted by atomic mass is 32.1. The number of nitrogens with zero attached hydrogens (tertiary/aromatic N) is 5. The number of aromatic nitrogens is 3. The van der Waals surface area contributed by atoms with Crippen molar-refractivity contribution in [3.63, 3.8) is 0 Å². The van der Waals surface area contributed by atoms with Crippen LogP contribution in [-0.2, 0) is 7.05 Å². The van der Waals surface area contributed by atoms with Gasteiger partial charge in [-0.25, -0.2) is 14.4 Å². The van der Waals surface area contributed by atoms with E-state index in [9.17, 15) is 4.79 Å². The first-order valence-corrected chi connectivity index (χ1v) is 12.6. The summed E-state index contributed by atoms with van der Waals surface area (Å²) in [6, 6.07) is 19.9. The molecule has 1 aliphatic carbocycles. The molecule has 2 aromatic carbocycles. The highest BCUT2D eigenvalue weighted by Crippen LogP contribution is 2.25. The molecule has 0 saturated heterocycles. The fraction of sp³-hybridized carbons (Fsp3) is 0.296. The highest BCUT2D eigenvalue weighted by molar-refractivity contribution is 7.07. The number of thiazole rings is 1. The van der Waals surface area contributed by atoms with Crippen LogP contribution in [0.2, 0.25) is 0 Å². The summed E-state index contributed by atoms with van der Waals surface area (Å²) in [5, 5.41) is 7.15. The van der Waals surface area contributed by atoms with Gasteiger partial charge in [0.2, 0.25) is 4.80 Å². The Balaban J connectivity index is 1.68. The molecule has 6 nitrogen and oxygen atoms in total. The first-order chi connectivity index (χ1) is 16.5. The molecule has 5 rings (SSSR count). The van der Waals surface area contributed by atoms with E-state index in [0.717, 1.165) is 54.2 Å². The standard InChI is InChI=1S/C27H29N5OS/c1-19-14-16-22(17-15-19)29-31-24(21-10-6-4-7-11-21)18-34-27(31)28-25-20(2)30(3)32(26(25)33)23-12-8-5-9-13-23/h4-13,18-19H,14-17H2,1-3H3. The Labute approximate surface area is 203 Å². The second kappa shape index (κ2) is 9.43. The van der Waals surface area contributed by atoms with Gasteiger partial charge in [0.05, 0.1) is 17.1 Å². The van der Waals surface area contributed by atoms with E-state index in [1.54, 1.807) is 4.68 Å². The summed E-state index contributed by atoms with van der Waals surface area (Å²) in [5.41, 5.74) is 5.22. The Morgan fingerprint density at radius 1 is 0.971 bits per heavy atom. The molecule has 174 valence electrons. The van der Waals surface area contributed by atoms with Gasteiger partial charge in [-0.2, -0.15) is 5.10 Å². The molecule has 34 heavy (non-hydrogen) atoms. The maximum Gasteiger partial charge on any atom is 0.297 e. The SMILES string of the molecule is Cc1c(N=c2scc(-c3ccccc3)n2N=C2CCC(C)CC2)c(=O)n(-c2ccccc2)n1C. The second-order valence-electron chi connectivity index (χ2n) is 8.95. The third-order valence-electron chi connectivity index (χ3n) is 6.58.